The lowest BCUT2D eigenvalue weighted by Gasteiger charge is -2.32. The Hall–Kier alpha value is -1.10. The highest BCUT2D eigenvalue weighted by molar-refractivity contribution is 5.87. The average molecular weight is 270 g/mol. The fourth-order valence-electron chi connectivity index (χ4n) is 2.77. The number of carbonyl (C=O) groups is 2. The first-order valence-electron chi connectivity index (χ1n) is 7.12. The molecule has 0 saturated carbocycles. The predicted molar refractivity (Wildman–Crippen MR) is 73.7 cm³/mol. The van der Waals surface area contributed by atoms with Gasteiger partial charge in [0.25, 0.3) is 0 Å². The van der Waals surface area contributed by atoms with Crippen molar-refractivity contribution in [3.8, 4) is 0 Å². The highest BCUT2D eigenvalue weighted by atomic mass is 16.5. The Bertz CT molecular complexity index is 323. The fraction of sp³-hybridized carbons (Fsp3) is 0.857. The van der Waals surface area contributed by atoms with Crippen LogP contribution >= 0.6 is 0 Å². The van der Waals surface area contributed by atoms with Crippen molar-refractivity contribution in [3.63, 3.8) is 0 Å². The number of hydrogen-bond acceptors (Lipinski definition) is 4. The number of hydrogen-bond donors (Lipinski definition) is 1. The minimum Gasteiger partial charge on any atom is -0.464 e. The van der Waals surface area contributed by atoms with Crippen LogP contribution in [0.2, 0.25) is 0 Å². The predicted octanol–water partition coefficient (Wildman–Crippen LogP) is 1.32. The third-order valence-electron chi connectivity index (χ3n) is 3.85. The van der Waals surface area contributed by atoms with E-state index in [2.05, 4.69) is 24.1 Å². The molecule has 0 radical (unpaired) electrons. The molecule has 0 bridgehead atoms. The number of amides is 1. The van der Waals surface area contributed by atoms with Gasteiger partial charge in [0.05, 0.1) is 12.6 Å². The van der Waals surface area contributed by atoms with Crippen LogP contribution in [0.3, 0.4) is 0 Å². The number of nitrogens with zero attached hydrogens (tertiary/aromatic N) is 1. The standard InChI is InChI=1S/C14H26N2O3/c1-6-19-14(18)11(4)15-13(17)12(5)16-9(2)7-8-10(16)3/h9-12H,6-8H2,1-5H3,(H,15,17). The van der Waals surface area contributed by atoms with E-state index < -0.39 is 6.04 Å². The molecular formula is C14H26N2O3. The monoisotopic (exact) mass is 270 g/mol. The van der Waals surface area contributed by atoms with E-state index in [9.17, 15) is 9.59 Å². The summed E-state index contributed by atoms with van der Waals surface area (Å²) in [4.78, 5) is 25.9. The molecule has 1 aliphatic heterocycles. The molecule has 0 spiro atoms. The van der Waals surface area contributed by atoms with Crippen molar-refractivity contribution >= 4 is 11.9 Å². The van der Waals surface area contributed by atoms with Crippen molar-refractivity contribution in [2.75, 3.05) is 6.61 Å². The third kappa shape index (κ3) is 3.93. The molecule has 0 aromatic rings. The summed E-state index contributed by atoms with van der Waals surface area (Å²) in [5.74, 6) is -0.494. The summed E-state index contributed by atoms with van der Waals surface area (Å²) in [5, 5.41) is 2.73. The Morgan fingerprint density at radius 2 is 1.79 bits per heavy atom. The topological polar surface area (TPSA) is 58.6 Å². The Kier molecular flexibility index (Phi) is 5.79. The van der Waals surface area contributed by atoms with Crippen LogP contribution in [0, 0.1) is 0 Å². The van der Waals surface area contributed by atoms with E-state index in [1.54, 1.807) is 13.8 Å². The van der Waals surface area contributed by atoms with E-state index >= 15 is 0 Å². The van der Waals surface area contributed by atoms with Crippen LogP contribution in [-0.2, 0) is 14.3 Å². The second-order valence-electron chi connectivity index (χ2n) is 5.38. The summed E-state index contributed by atoms with van der Waals surface area (Å²) in [5.41, 5.74) is 0. The quantitative estimate of drug-likeness (QED) is 0.765. The lowest BCUT2D eigenvalue weighted by Crippen LogP contribution is -2.52. The van der Waals surface area contributed by atoms with Crippen molar-refractivity contribution in [1.29, 1.82) is 0 Å². The van der Waals surface area contributed by atoms with Crippen molar-refractivity contribution in [2.24, 2.45) is 0 Å². The first-order valence-corrected chi connectivity index (χ1v) is 7.12. The number of carbonyl (C=O) groups excluding carboxylic acids is 2. The van der Waals surface area contributed by atoms with E-state index in [1.807, 2.05) is 6.92 Å². The molecule has 1 N–H and O–H groups in total. The maximum atomic E-state index is 12.2. The number of ether oxygens (including phenoxy) is 1. The highest BCUT2D eigenvalue weighted by Crippen LogP contribution is 2.25. The smallest absolute Gasteiger partial charge is 0.328 e. The molecule has 4 atom stereocenters. The van der Waals surface area contributed by atoms with Gasteiger partial charge in [0.15, 0.2) is 0 Å². The number of esters is 1. The SMILES string of the molecule is CCOC(=O)C(C)NC(=O)C(C)N1C(C)CCC1C. The Balaban J connectivity index is 2.55. The van der Waals surface area contributed by atoms with Crippen LogP contribution in [0.4, 0.5) is 0 Å². The second kappa shape index (κ2) is 6.89. The van der Waals surface area contributed by atoms with Gasteiger partial charge in [-0.05, 0) is 47.5 Å². The van der Waals surface area contributed by atoms with Gasteiger partial charge in [-0.15, -0.1) is 0 Å². The molecule has 1 heterocycles. The lowest BCUT2D eigenvalue weighted by molar-refractivity contribution is -0.147. The zero-order valence-electron chi connectivity index (χ0n) is 12.6. The molecule has 0 aliphatic carbocycles. The number of rotatable bonds is 5. The molecule has 19 heavy (non-hydrogen) atoms. The van der Waals surface area contributed by atoms with Crippen LogP contribution in [0.25, 0.3) is 0 Å². The fourth-order valence-corrected chi connectivity index (χ4v) is 2.77. The van der Waals surface area contributed by atoms with Gasteiger partial charge in [-0.2, -0.15) is 0 Å². The zero-order valence-corrected chi connectivity index (χ0v) is 12.6. The molecule has 5 nitrogen and oxygen atoms in total. The van der Waals surface area contributed by atoms with E-state index in [4.69, 9.17) is 4.74 Å². The summed E-state index contributed by atoms with van der Waals surface area (Å²) in [7, 11) is 0. The first-order chi connectivity index (χ1) is 8.88. The summed E-state index contributed by atoms with van der Waals surface area (Å²) in [6.45, 7) is 9.91. The molecule has 1 aliphatic rings. The minimum atomic E-state index is -0.594. The van der Waals surface area contributed by atoms with E-state index in [0.717, 1.165) is 12.8 Å². The highest BCUT2D eigenvalue weighted by Gasteiger charge is 2.35. The van der Waals surface area contributed by atoms with Gasteiger partial charge in [0.1, 0.15) is 6.04 Å². The molecule has 110 valence electrons. The average Bonchev–Trinajstić information content (AvgIpc) is 2.68. The van der Waals surface area contributed by atoms with Gasteiger partial charge in [-0.1, -0.05) is 0 Å². The van der Waals surface area contributed by atoms with Gasteiger partial charge < -0.3 is 10.1 Å². The molecule has 5 heteroatoms. The van der Waals surface area contributed by atoms with Crippen LogP contribution < -0.4 is 5.32 Å². The van der Waals surface area contributed by atoms with Crippen molar-refractivity contribution in [1.82, 2.24) is 10.2 Å². The van der Waals surface area contributed by atoms with Crippen LogP contribution in [0.1, 0.15) is 47.5 Å². The summed E-state index contributed by atoms with van der Waals surface area (Å²) >= 11 is 0. The van der Waals surface area contributed by atoms with Gasteiger partial charge in [0.2, 0.25) is 5.91 Å². The Labute approximate surface area is 115 Å². The van der Waals surface area contributed by atoms with Crippen molar-refractivity contribution < 1.29 is 14.3 Å². The minimum absolute atomic E-state index is 0.110. The van der Waals surface area contributed by atoms with Crippen LogP contribution in [0.15, 0.2) is 0 Å². The second-order valence-corrected chi connectivity index (χ2v) is 5.38. The maximum Gasteiger partial charge on any atom is 0.328 e. The van der Waals surface area contributed by atoms with Crippen LogP contribution in [-0.4, -0.2) is 47.6 Å². The maximum absolute atomic E-state index is 12.2. The molecule has 1 rings (SSSR count). The normalized spacial score (nSPS) is 26.8. The van der Waals surface area contributed by atoms with E-state index in [-0.39, 0.29) is 17.9 Å². The molecule has 1 amide bonds. The van der Waals surface area contributed by atoms with Gasteiger partial charge in [-0.3, -0.25) is 9.69 Å². The van der Waals surface area contributed by atoms with Gasteiger partial charge >= 0.3 is 5.97 Å². The summed E-state index contributed by atoms with van der Waals surface area (Å²) in [6, 6.07) is 0.00907. The molecule has 4 unspecified atom stereocenters. The largest absolute Gasteiger partial charge is 0.464 e. The Morgan fingerprint density at radius 1 is 1.26 bits per heavy atom. The molecule has 0 aromatic heterocycles. The number of likely N-dealkylation sites (tertiary alicyclic amines) is 1. The molecule has 0 aromatic carbocycles. The molecule has 1 saturated heterocycles. The third-order valence-corrected chi connectivity index (χ3v) is 3.85. The van der Waals surface area contributed by atoms with Crippen molar-refractivity contribution in [2.45, 2.75) is 71.6 Å². The van der Waals surface area contributed by atoms with Gasteiger partial charge in [0, 0.05) is 12.1 Å². The van der Waals surface area contributed by atoms with E-state index in [0.29, 0.717) is 18.7 Å². The molecule has 1 fully saturated rings. The number of nitrogens with one attached hydrogen (secondary N) is 1. The lowest BCUT2D eigenvalue weighted by atomic mass is 10.2. The molecular weight excluding hydrogens is 244 g/mol. The van der Waals surface area contributed by atoms with Crippen molar-refractivity contribution in [3.05, 3.63) is 0 Å². The zero-order chi connectivity index (χ0) is 14.6. The summed E-state index contributed by atoms with van der Waals surface area (Å²) < 4.78 is 4.88. The first kappa shape index (κ1) is 16.0. The Morgan fingerprint density at radius 3 is 2.26 bits per heavy atom. The van der Waals surface area contributed by atoms with Gasteiger partial charge in [-0.25, -0.2) is 4.79 Å². The van der Waals surface area contributed by atoms with E-state index in [1.165, 1.54) is 0 Å². The summed E-state index contributed by atoms with van der Waals surface area (Å²) in [6.07, 6.45) is 2.23. The van der Waals surface area contributed by atoms with Crippen LogP contribution in [0.5, 0.6) is 0 Å².